The first-order valence-electron chi connectivity index (χ1n) is 8.20. The SMILES string of the molecule is O=C(NC1CCC(C(=O)O)CC1)c1ccc(-c2noc(C(F)F)n2)cc1. The Hall–Kier alpha value is -2.84. The molecule has 1 fully saturated rings. The van der Waals surface area contributed by atoms with Gasteiger partial charge in [-0.05, 0) is 37.8 Å². The summed E-state index contributed by atoms with van der Waals surface area (Å²) in [6.45, 7) is 0. The van der Waals surface area contributed by atoms with E-state index in [1.807, 2.05) is 0 Å². The molecule has 1 aliphatic carbocycles. The van der Waals surface area contributed by atoms with Crippen molar-refractivity contribution in [1.29, 1.82) is 0 Å². The lowest BCUT2D eigenvalue weighted by molar-refractivity contribution is -0.142. The molecule has 26 heavy (non-hydrogen) atoms. The summed E-state index contributed by atoms with van der Waals surface area (Å²) in [5, 5.41) is 15.4. The summed E-state index contributed by atoms with van der Waals surface area (Å²) < 4.78 is 29.4. The molecule has 0 atom stereocenters. The van der Waals surface area contributed by atoms with Crippen molar-refractivity contribution in [2.45, 2.75) is 38.2 Å². The zero-order chi connectivity index (χ0) is 18.7. The predicted octanol–water partition coefficient (Wildman–Crippen LogP) is 3.05. The van der Waals surface area contributed by atoms with Crippen LogP contribution in [0, 0.1) is 5.92 Å². The van der Waals surface area contributed by atoms with Crippen LogP contribution in [0.5, 0.6) is 0 Å². The van der Waals surface area contributed by atoms with Crippen molar-refractivity contribution in [1.82, 2.24) is 15.5 Å². The van der Waals surface area contributed by atoms with Gasteiger partial charge in [0.15, 0.2) is 0 Å². The molecule has 2 N–H and O–H groups in total. The number of amides is 1. The molecule has 2 aromatic rings. The number of hydrogen-bond donors (Lipinski definition) is 2. The monoisotopic (exact) mass is 365 g/mol. The zero-order valence-electron chi connectivity index (χ0n) is 13.7. The number of carboxylic acid groups (broad SMARTS) is 1. The molecule has 1 aromatic heterocycles. The van der Waals surface area contributed by atoms with Gasteiger partial charge < -0.3 is 14.9 Å². The minimum atomic E-state index is -2.84. The number of nitrogens with one attached hydrogen (secondary N) is 1. The summed E-state index contributed by atoms with van der Waals surface area (Å²) in [5.74, 6) is -2.12. The highest BCUT2D eigenvalue weighted by Crippen LogP contribution is 2.25. The highest BCUT2D eigenvalue weighted by Gasteiger charge is 2.27. The Morgan fingerprint density at radius 2 is 1.81 bits per heavy atom. The van der Waals surface area contributed by atoms with Gasteiger partial charge in [0.1, 0.15) is 0 Å². The highest BCUT2D eigenvalue weighted by atomic mass is 19.3. The maximum atomic E-state index is 12.5. The number of halogens is 2. The standard InChI is InChI=1S/C17H17F2N3O4/c18-13(19)16-21-14(22-26-16)9-1-3-10(4-2-9)15(23)20-12-7-5-11(6-8-12)17(24)25/h1-4,11-13H,5-8H2,(H,20,23)(H,24,25). The topological polar surface area (TPSA) is 105 Å². The Morgan fingerprint density at radius 3 is 2.35 bits per heavy atom. The Labute approximate surface area is 147 Å². The number of aromatic nitrogens is 2. The summed E-state index contributed by atoms with van der Waals surface area (Å²) in [6, 6.07) is 6.15. The Kier molecular flexibility index (Phi) is 5.24. The number of hydrogen-bond acceptors (Lipinski definition) is 5. The van der Waals surface area contributed by atoms with Crippen molar-refractivity contribution in [3.63, 3.8) is 0 Å². The Balaban J connectivity index is 1.59. The van der Waals surface area contributed by atoms with E-state index in [1.165, 1.54) is 0 Å². The number of aliphatic carboxylic acids is 1. The van der Waals surface area contributed by atoms with Crippen molar-refractivity contribution >= 4 is 11.9 Å². The van der Waals surface area contributed by atoms with E-state index in [9.17, 15) is 18.4 Å². The van der Waals surface area contributed by atoms with Crippen LogP contribution >= 0.6 is 0 Å². The van der Waals surface area contributed by atoms with E-state index in [2.05, 4.69) is 20.0 Å². The maximum Gasteiger partial charge on any atom is 0.315 e. The van der Waals surface area contributed by atoms with Crippen LogP contribution in [0.3, 0.4) is 0 Å². The highest BCUT2D eigenvalue weighted by molar-refractivity contribution is 5.94. The van der Waals surface area contributed by atoms with Crippen LogP contribution < -0.4 is 5.32 Å². The van der Waals surface area contributed by atoms with Crippen LogP contribution in [0.4, 0.5) is 8.78 Å². The van der Waals surface area contributed by atoms with Crippen LogP contribution in [0.2, 0.25) is 0 Å². The molecule has 3 rings (SSSR count). The van der Waals surface area contributed by atoms with Gasteiger partial charge in [-0.25, -0.2) is 0 Å². The van der Waals surface area contributed by atoms with Gasteiger partial charge in [-0.15, -0.1) is 0 Å². The second-order valence-electron chi connectivity index (χ2n) is 6.19. The fourth-order valence-electron chi connectivity index (χ4n) is 2.97. The smallest absolute Gasteiger partial charge is 0.315 e. The largest absolute Gasteiger partial charge is 0.481 e. The van der Waals surface area contributed by atoms with Gasteiger partial charge in [0.25, 0.3) is 11.8 Å². The van der Waals surface area contributed by atoms with Crippen molar-refractivity contribution < 1.29 is 28.0 Å². The van der Waals surface area contributed by atoms with Gasteiger partial charge in [0.2, 0.25) is 5.82 Å². The molecule has 0 spiro atoms. The molecule has 1 aliphatic rings. The van der Waals surface area contributed by atoms with Gasteiger partial charge in [-0.3, -0.25) is 9.59 Å². The van der Waals surface area contributed by atoms with Crippen LogP contribution in [0.25, 0.3) is 11.4 Å². The van der Waals surface area contributed by atoms with E-state index < -0.39 is 18.3 Å². The van der Waals surface area contributed by atoms with E-state index in [4.69, 9.17) is 5.11 Å². The minimum Gasteiger partial charge on any atom is -0.481 e. The first kappa shape index (κ1) is 18.0. The van der Waals surface area contributed by atoms with E-state index in [0.29, 0.717) is 36.8 Å². The molecule has 0 aliphatic heterocycles. The van der Waals surface area contributed by atoms with Crippen molar-refractivity contribution in [3.05, 3.63) is 35.7 Å². The molecular weight excluding hydrogens is 348 g/mol. The van der Waals surface area contributed by atoms with Crippen LogP contribution in [-0.2, 0) is 4.79 Å². The summed E-state index contributed by atoms with van der Waals surface area (Å²) >= 11 is 0. The van der Waals surface area contributed by atoms with Gasteiger partial charge in [-0.2, -0.15) is 13.8 Å². The fourth-order valence-corrected chi connectivity index (χ4v) is 2.97. The number of carboxylic acids is 1. The molecule has 0 saturated heterocycles. The summed E-state index contributed by atoms with van der Waals surface area (Å²) in [4.78, 5) is 26.8. The van der Waals surface area contributed by atoms with Gasteiger partial charge in [-0.1, -0.05) is 17.3 Å². The molecule has 1 saturated carbocycles. The number of nitrogens with zero attached hydrogens (tertiary/aromatic N) is 2. The molecule has 0 unspecified atom stereocenters. The van der Waals surface area contributed by atoms with Gasteiger partial charge in [0.05, 0.1) is 5.92 Å². The molecule has 138 valence electrons. The first-order chi connectivity index (χ1) is 12.4. The number of carbonyl (C=O) groups is 2. The molecule has 1 amide bonds. The third kappa shape index (κ3) is 4.04. The van der Waals surface area contributed by atoms with Gasteiger partial charge >= 0.3 is 12.4 Å². The summed E-state index contributed by atoms with van der Waals surface area (Å²) in [5.41, 5.74) is 0.867. The number of benzene rings is 1. The van der Waals surface area contributed by atoms with Crippen LogP contribution in [0.15, 0.2) is 28.8 Å². The van der Waals surface area contributed by atoms with Crippen LogP contribution in [-0.4, -0.2) is 33.2 Å². The van der Waals surface area contributed by atoms with Crippen molar-refractivity contribution in [3.8, 4) is 11.4 Å². The normalized spacial score (nSPS) is 20.1. The zero-order valence-corrected chi connectivity index (χ0v) is 13.7. The number of rotatable bonds is 5. The quantitative estimate of drug-likeness (QED) is 0.844. The predicted molar refractivity (Wildman–Crippen MR) is 85.5 cm³/mol. The fraction of sp³-hybridized carbons (Fsp3) is 0.412. The second-order valence-corrected chi connectivity index (χ2v) is 6.19. The minimum absolute atomic E-state index is 0.0271. The van der Waals surface area contributed by atoms with Crippen LogP contribution in [0.1, 0.15) is 48.4 Å². The van der Waals surface area contributed by atoms with Crippen molar-refractivity contribution in [2.24, 2.45) is 5.92 Å². The van der Waals surface area contributed by atoms with Gasteiger partial charge in [0, 0.05) is 17.2 Å². The van der Waals surface area contributed by atoms with Crippen molar-refractivity contribution in [2.75, 3.05) is 0 Å². The lowest BCUT2D eigenvalue weighted by atomic mass is 9.86. The van der Waals surface area contributed by atoms with E-state index >= 15 is 0 Å². The Morgan fingerprint density at radius 1 is 1.15 bits per heavy atom. The van der Waals surface area contributed by atoms with E-state index in [-0.39, 0.29) is 23.7 Å². The lowest BCUT2D eigenvalue weighted by Gasteiger charge is -2.26. The Bertz CT molecular complexity index is 784. The average Bonchev–Trinajstić information content (AvgIpc) is 3.13. The van der Waals surface area contributed by atoms with E-state index in [0.717, 1.165) is 0 Å². The molecule has 7 nitrogen and oxygen atoms in total. The molecular formula is C17H17F2N3O4. The summed E-state index contributed by atoms with van der Waals surface area (Å²) in [6.07, 6.45) is -0.495. The average molecular weight is 365 g/mol. The molecule has 1 heterocycles. The molecule has 9 heteroatoms. The third-order valence-electron chi connectivity index (χ3n) is 4.45. The summed E-state index contributed by atoms with van der Waals surface area (Å²) in [7, 11) is 0. The second kappa shape index (κ2) is 7.59. The van der Waals surface area contributed by atoms with E-state index in [1.54, 1.807) is 24.3 Å². The first-order valence-corrected chi connectivity index (χ1v) is 8.20. The molecule has 0 bridgehead atoms. The molecule has 0 radical (unpaired) electrons. The number of alkyl halides is 2. The third-order valence-corrected chi connectivity index (χ3v) is 4.45. The number of carbonyl (C=O) groups excluding carboxylic acids is 1. The molecule has 1 aromatic carbocycles. The maximum absolute atomic E-state index is 12.5. The lowest BCUT2D eigenvalue weighted by Crippen LogP contribution is -2.38.